The number of benzene rings is 2. The molecular weight excluding hydrogens is 592 g/mol. The first kappa shape index (κ1) is 25.1. The van der Waals surface area contributed by atoms with Crippen LogP contribution in [0, 0.1) is 32.5 Å². The van der Waals surface area contributed by atoms with E-state index in [1.54, 1.807) is 11.1 Å². The second-order valence-electron chi connectivity index (χ2n) is 17.4. The number of hydrogen-bond acceptors (Lipinski definition) is 0. The Labute approximate surface area is 247 Å². The lowest BCUT2D eigenvalue weighted by atomic mass is 9.24. The van der Waals surface area contributed by atoms with E-state index in [9.17, 15) is 0 Å². The van der Waals surface area contributed by atoms with Crippen molar-refractivity contribution in [2.45, 2.75) is 116 Å². The second kappa shape index (κ2) is 7.24. The molecule has 0 spiro atoms. The molecule has 0 amide bonds. The van der Waals surface area contributed by atoms with Crippen LogP contribution in [0.1, 0.15) is 116 Å². The summed E-state index contributed by atoms with van der Waals surface area (Å²) >= 11 is 8.12. The van der Waals surface area contributed by atoms with Crippen molar-refractivity contribution in [3.8, 4) is 0 Å². The van der Waals surface area contributed by atoms with Gasteiger partial charge in [0.05, 0.1) is 0 Å². The smallest absolute Gasteiger partial charge is 0.0212 e. The van der Waals surface area contributed by atoms with Crippen LogP contribution in [0.3, 0.4) is 0 Å². The Hall–Kier alpha value is -0.600. The minimum atomic E-state index is 0.323. The molecule has 38 heavy (non-hydrogen) atoms. The van der Waals surface area contributed by atoms with Crippen molar-refractivity contribution in [2.24, 2.45) is 32.5 Å². The topological polar surface area (TPSA) is 0 Å². The van der Waals surface area contributed by atoms with Gasteiger partial charge in [0.1, 0.15) is 0 Å². The van der Waals surface area contributed by atoms with E-state index in [0.29, 0.717) is 43.3 Å². The molecule has 2 aromatic rings. The van der Waals surface area contributed by atoms with Crippen molar-refractivity contribution in [1.29, 1.82) is 0 Å². The summed E-state index contributed by atoms with van der Waals surface area (Å²) in [6, 6.07) is 18.7. The van der Waals surface area contributed by atoms with Crippen LogP contribution in [0.5, 0.6) is 0 Å². The summed E-state index contributed by atoms with van der Waals surface area (Å²) in [5, 5.41) is 0. The van der Waals surface area contributed by atoms with Crippen molar-refractivity contribution in [2.75, 3.05) is 0 Å². The summed E-state index contributed by atoms with van der Waals surface area (Å²) in [5.74, 6) is 0. The van der Waals surface area contributed by atoms with Gasteiger partial charge in [-0.1, -0.05) is 96.0 Å². The monoisotopic (exact) mass is 634 g/mol. The van der Waals surface area contributed by atoms with Crippen molar-refractivity contribution >= 4 is 31.9 Å². The molecule has 0 nitrogen and oxygen atoms in total. The molecule has 0 radical (unpaired) electrons. The zero-order chi connectivity index (χ0) is 26.5. The minimum Gasteiger partial charge on any atom is -0.0619 e. The highest BCUT2D eigenvalue weighted by atomic mass is 79.9. The van der Waals surface area contributed by atoms with E-state index in [2.05, 4.69) is 108 Å². The molecule has 2 aromatic carbocycles. The average molecular weight is 637 g/mol. The first-order chi connectivity index (χ1) is 17.8. The Balaban J connectivity index is 1.34. The molecule has 8 bridgehead atoms. The number of hydrogen-bond donors (Lipinski definition) is 0. The minimum absolute atomic E-state index is 0.323. The molecule has 4 unspecified atom stereocenters. The maximum absolute atomic E-state index is 4.06. The van der Waals surface area contributed by atoms with Crippen LogP contribution in [-0.4, -0.2) is 0 Å². The second-order valence-corrected chi connectivity index (χ2v) is 19.2. The Morgan fingerprint density at radius 3 is 1.05 bits per heavy atom. The standard InChI is InChI=1S/C36H44Br2/c1-29-13-30(2)16-33(15-29,25-9-5-7-11-27(25)37)23-35(19-29,20-30)36-21-31(3)14-32(4,22-36)18-34(17-31,24-36)26-10-6-8-12-28(26)38/h5-12H,13-24H2,1-4H3. The summed E-state index contributed by atoms with van der Waals surface area (Å²) in [7, 11) is 0. The Morgan fingerprint density at radius 1 is 0.421 bits per heavy atom. The van der Waals surface area contributed by atoms with Gasteiger partial charge in [0, 0.05) is 8.95 Å². The molecule has 8 aliphatic rings. The van der Waals surface area contributed by atoms with Crippen molar-refractivity contribution in [1.82, 2.24) is 0 Å². The van der Waals surface area contributed by atoms with E-state index >= 15 is 0 Å². The Bertz CT molecular complexity index is 1210. The molecule has 2 heteroatoms. The molecule has 8 aliphatic carbocycles. The van der Waals surface area contributed by atoms with Gasteiger partial charge in [0.25, 0.3) is 0 Å². The van der Waals surface area contributed by atoms with Gasteiger partial charge in [-0.3, -0.25) is 0 Å². The molecule has 0 heterocycles. The fraction of sp³-hybridized carbons (Fsp3) is 0.667. The zero-order valence-electron chi connectivity index (χ0n) is 23.9. The summed E-state index contributed by atoms with van der Waals surface area (Å²) in [6.07, 6.45) is 17.2. The first-order valence-corrected chi connectivity index (χ1v) is 16.9. The third-order valence-corrected chi connectivity index (χ3v) is 14.6. The van der Waals surface area contributed by atoms with Crippen LogP contribution in [0.25, 0.3) is 0 Å². The third kappa shape index (κ3) is 3.20. The molecule has 8 fully saturated rings. The lowest BCUT2D eigenvalue weighted by Crippen LogP contribution is -2.71. The average Bonchev–Trinajstić information content (AvgIpc) is 2.74. The van der Waals surface area contributed by atoms with E-state index in [1.165, 1.54) is 86.0 Å². The van der Waals surface area contributed by atoms with Crippen LogP contribution in [0.15, 0.2) is 57.5 Å². The van der Waals surface area contributed by atoms with Gasteiger partial charge in [-0.05, 0) is 144 Å². The van der Waals surface area contributed by atoms with E-state index < -0.39 is 0 Å². The van der Waals surface area contributed by atoms with Crippen LogP contribution < -0.4 is 0 Å². The zero-order valence-corrected chi connectivity index (χ0v) is 27.0. The molecule has 4 atom stereocenters. The van der Waals surface area contributed by atoms with Gasteiger partial charge in [-0.25, -0.2) is 0 Å². The lowest BCUT2D eigenvalue weighted by molar-refractivity contribution is -0.275. The van der Waals surface area contributed by atoms with Gasteiger partial charge in [-0.15, -0.1) is 0 Å². The van der Waals surface area contributed by atoms with Gasteiger partial charge < -0.3 is 0 Å². The highest BCUT2D eigenvalue weighted by Crippen LogP contribution is 2.85. The third-order valence-electron chi connectivity index (χ3n) is 13.2. The van der Waals surface area contributed by atoms with Gasteiger partial charge in [-0.2, -0.15) is 0 Å². The quantitative estimate of drug-likeness (QED) is 0.315. The number of halogens is 2. The van der Waals surface area contributed by atoms with Crippen LogP contribution in [-0.2, 0) is 10.8 Å². The molecule has 0 aromatic heterocycles. The van der Waals surface area contributed by atoms with Crippen LogP contribution in [0.4, 0.5) is 0 Å². The normalized spacial score (nSPS) is 52.1. The van der Waals surface area contributed by atoms with Crippen molar-refractivity contribution < 1.29 is 0 Å². The largest absolute Gasteiger partial charge is 0.0619 e. The Kier molecular flexibility index (Phi) is 4.79. The van der Waals surface area contributed by atoms with E-state index in [4.69, 9.17) is 0 Å². The van der Waals surface area contributed by atoms with Crippen molar-refractivity contribution in [3.05, 3.63) is 68.6 Å². The maximum Gasteiger partial charge on any atom is 0.0212 e. The highest BCUT2D eigenvalue weighted by molar-refractivity contribution is 9.10. The van der Waals surface area contributed by atoms with Crippen molar-refractivity contribution in [3.63, 3.8) is 0 Å². The highest BCUT2D eigenvalue weighted by Gasteiger charge is 2.76. The SMILES string of the molecule is CC12CC3(C)CC(c4ccccc4Br)(C1)CC(C14CC5(C)CC(C)(CC(c6ccccc6Br)(C5)C1)C4)(C2)C3. The van der Waals surface area contributed by atoms with Gasteiger partial charge >= 0.3 is 0 Å². The summed E-state index contributed by atoms with van der Waals surface area (Å²) in [4.78, 5) is 0. The van der Waals surface area contributed by atoms with Crippen LogP contribution >= 0.6 is 31.9 Å². The molecule has 202 valence electrons. The van der Waals surface area contributed by atoms with E-state index in [1.807, 2.05) is 0 Å². The number of rotatable bonds is 3. The molecule has 0 aliphatic heterocycles. The lowest BCUT2D eigenvalue weighted by Gasteiger charge is -2.80. The van der Waals surface area contributed by atoms with Gasteiger partial charge in [0.15, 0.2) is 0 Å². The van der Waals surface area contributed by atoms with Crippen LogP contribution in [0.2, 0.25) is 0 Å². The molecule has 10 rings (SSSR count). The fourth-order valence-electron chi connectivity index (χ4n) is 14.9. The summed E-state index contributed by atoms with van der Waals surface area (Å²) < 4.78 is 2.72. The van der Waals surface area contributed by atoms with E-state index in [-0.39, 0.29) is 0 Å². The van der Waals surface area contributed by atoms with Gasteiger partial charge in [0.2, 0.25) is 0 Å². The maximum atomic E-state index is 4.06. The molecular formula is C36H44Br2. The molecule has 0 N–H and O–H groups in total. The Morgan fingerprint density at radius 2 is 0.737 bits per heavy atom. The fourth-order valence-corrected chi connectivity index (χ4v) is 16.3. The summed E-state index contributed by atoms with van der Waals surface area (Å²) in [6.45, 7) is 10.8. The predicted molar refractivity (Wildman–Crippen MR) is 164 cm³/mol. The first-order valence-electron chi connectivity index (χ1n) is 15.3. The summed E-state index contributed by atoms with van der Waals surface area (Å²) in [5.41, 5.74) is 6.66. The molecule has 0 saturated heterocycles. The predicted octanol–water partition coefficient (Wildman–Crippen LogP) is 11.1. The van der Waals surface area contributed by atoms with E-state index in [0.717, 1.165) is 0 Å². The molecule has 8 saturated carbocycles.